The summed E-state index contributed by atoms with van der Waals surface area (Å²) in [6, 6.07) is 11.3. The maximum Gasteiger partial charge on any atom is 0.0473 e. The van der Waals surface area contributed by atoms with Crippen LogP contribution in [-0.2, 0) is 0 Å². The Kier molecular flexibility index (Phi) is 3.20. The third kappa shape index (κ3) is 2.22. The van der Waals surface area contributed by atoms with E-state index in [1.165, 1.54) is 12.1 Å². The molecule has 1 aliphatic rings. The first kappa shape index (κ1) is 11.5. The molecule has 0 saturated carbocycles. The Hall–Kier alpha value is -1.02. The van der Waals surface area contributed by atoms with Crippen molar-refractivity contribution in [2.75, 3.05) is 18.0 Å². The van der Waals surface area contributed by atoms with Gasteiger partial charge in [-0.15, -0.1) is 0 Å². The Bertz CT molecular complexity index is 332. The highest BCUT2D eigenvalue weighted by Gasteiger charge is 2.32. The molecule has 1 atom stereocenters. The summed E-state index contributed by atoms with van der Waals surface area (Å²) in [5, 5.41) is 3.53. The normalized spacial score (nSPS) is 25.2. The zero-order valence-corrected chi connectivity index (χ0v) is 10.5. The van der Waals surface area contributed by atoms with Gasteiger partial charge >= 0.3 is 0 Å². The van der Waals surface area contributed by atoms with Gasteiger partial charge in [0.1, 0.15) is 0 Å². The highest BCUT2D eigenvalue weighted by Crippen LogP contribution is 2.28. The number of benzene rings is 1. The van der Waals surface area contributed by atoms with Crippen molar-refractivity contribution >= 4 is 5.69 Å². The highest BCUT2D eigenvalue weighted by molar-refractivity contribution is 5.50. The number of anilines is 1. The quantitative estimate of drug-likeness (QED) is 0.779. The second-order valence-electron chi connectivity index (χ2n) is 5.33. The summed E-state index contributed by atoms with van der Waals surface area (Å²) in [7, 11) is 0. The van der Waals surface area contributed by atoms with Gasteiger partial charge in [-0.25, -0.2) is 0 Å². The predicted molar refractivity (Wildman–Crippen MR) is 69.9 cm³/mol. The zero-order valence-electron chi connectivity index (χ0n) is 10.5. The summed E-state index contributed by atoms with van der Waals surface area (Å²) >= 11 is 0. The van der Waals surface area contributed by atoms with Crippen LogP contribution in [0.2, 0.25) is 0 Å². The number of hydrogen-bond acceptors (Lipinski definition) is 2. The molecule has 88 valence electrons. The van der Waals surface area contributed by atoms with Crippen LogP contribution < -0.4 is 10.2 Å². The van der Waals surface area contributed by atoms with E-state index in [4.69, 9.17) is 0 Å². The fourth-order valence-electron chi connectivity index (χ4n) is 2.71. The molecule has 1 aromatic rings. The van der Waals surface area contributed by atoms with Gasteiger partial charge in [0, 0.05) is 23.8 Å². The van der Waals surface area contributed by atoms with E-state index in [2.05, 4.69) is 61.3 Å². The van der Waals surface area contributed by atoms with E-state index in [0.29, 0.717) is 6.04 Å². The monoisotopic (exact) mass is 218 g/mol. The van der Waals surface area contributed by atoms with Crippen molar-refractivity contribution in [2.45, 2.75) is 38.8 Å². The Morgan fingerprint density at radius 3 is 2.62 bits per heavy atom. The van der Waals surface area contributed by atoms with Crippen LogP contribution in [-0.4, -0.2) is 24.7 Å². The molecule has 1 saturated heterocycles. The lowest BCUT2D eigenvalue weighted by molar-refractivity contribution is 0.433. The SMILES string of the molecule is CC1CCNCC(C)(C)N1c1ccccc1. The molecule has 1 fully saturated rings. The molecule has 0 bridgehead atoms. The van der Waals surface area contributed by atoms with E-state index < -0.39 is 0 Å². The lowest BCUT2D eigenvalue weighted by Crippen LogP contribution is -2.51. The summed E-state index contributed by atoms with van der Waals surface area (Å²) in [5.74, 6) is 0. The first-order chi connectivity index (χ1) is 7.61. The second-order valence-corrected chi connectivity index (χ2v) is 5.33. The van der Waals surface area contributed by atoms with E-state index >= 15 is 0 Å². The third-order valence-electron chi connectivity index (χ3n) is 3.42. The largest absolute Gasteiger partial charge is 0.362 e. The average Bonchev–Trinajstić information content (AvgIpc) is 2.38. The summed E-state index contributed by atoms with van der Waals surface area (Å²) in [5.41, 5.74) is 1.51. The van der Waals surface area contributed by atoms with Gasteiger partial charge in [0.25, 0.3) is 0 Å². The number of nitrogens with zero attached hydrogens (tertiary/aromatic N) is 1. The Morgan fingerprint density at radius 1 is 1.25 bits per heavy atom. The molecule has 1 aliphatic heterocycles. The molecule has 2 rings (SSSR count). The van der Waals surface area contributed by atoms with Crippen LogP contribution in [0, 0.1) is 0 Å². The van der Waals surface area contributed by atoms with Crippen molar-refractivity contribution in [3.8, 4) is 0 Å². The molecule has 1 aromatic carbocycles. The van der Waals surface area contributed by atoms with Gasteiger partial charge in [-0.3, -0.25) is 0 Å². The summed E-state index contributed by atoms with van der Waals surface area (Å²) in [6.07, 6.45) is 1.21. The van der Waals surface area contributed by atoms with Crippen molar-refractivity contribution in [3.63, 3.8) is 0 Å². The molecule has 0 spiro atoms. The molecular formula is C14H22N2. The molecule has 16 heavy (non-hydrogen) atoms. The topological polar surface area (TPSA) is 15.3 Å². The van der Waals surface area contributed by atoms with Gasteiger partial charge < -0.3 is 10.2 Å². The van der Waals surface area contributed by atoms with Gasteiger partial charge in [0.05, 0.1) is 0 Å². The standard InChI is InChI=1S/C14H22N2/c1-12-9-10-15-11-14(2,3)16(12)13-7-5-4-6-8-13/h4-8,12,15H,9-11H2,1-3H3. The number of para-hydroxylation sites is 1. The molecule has 2 nitrogen and oxygen atoms in total. The van der Waals surface area contributed by atoms with Crippen LogP contribution in [0.3, 0.4) is 0 Å². The summed E-state index contributed by atoms with van der Waals surface area (Å²) in [4.78, 5) is 2.55. The zero-order chi connectivity index (χ0) is 11.6. The van der Waals surface area contributed by atoms with Crippen LogP contribution in [0.1, 0.15) is 27.2 Å². The Balaban J connectivity index is 2.34. The average molecular weight is 218 g/mol. The first-order valence-electron chi connectivity index (χ1n) is 6.16. The van der Waals surface area contributed by atoms with Crippen molar-refractivity contribution in [3.05, 3.63) is 30.3 Å². The number of rotatable bonds is 1. The molecule has 1 N–H and O–H groups in total. The number of hydrogen-bond donors (Lipinski definition) is 1. The van der Waals surface area contributed by atoms with Crippen LogP contribution in [0.15, 0.2) is 30.3 Å². The molecule has 1 heterocycles. The first-order valence-corrected chi connectivity index (χ1v) is 6.16. The van der Waals surface area contributed by atoms with Crippen molar-refractivity contribution < 1.29 is 0 Å². The molecule has 0 aliphatic carbocycles. The Morgan fingerprint density at radius 2 is 1.94 bits per heavy atom. The minimum atomic E-state index is 0.178. The molecule has 2 heteroatoms. The Labute approximate surface area is 98.7 Å². The van der Waals surface area contributed by atoms with E-state index in [0.717, 1.165) is 13.1 Å². The van der Waals surface area contributed by atoms with E-state index in [1.807, 2.05) is 0 Å². The van der Waals surface area contributed by atoms with Gasteiger partial charge in [0.15, 0.2) is 0 Å². The van der Waals surface area contributed by atoms with E-state index in [-0.39, 0.29) is 5.54 Å². The summed E-state index contributed by atoms with van der Waals surface area (Å²) < 4.78 is 0. The number of nitrogens with one attached hydrogen (secondary N) is 1. The van der Waals surface area contributed by atoms with E-state index in [1.54, 1.807) is 0 Å². The van der Waals surface area contributed by atoms with Crippen LogP contribution in [0.25, 0.3) is 0 Å². The fourth-order valence-corrected chi connectivity index (χ4v) is 2.71. The van der Waals surface area contributed by atoms with Crippen LogP contribution in [0.5, 0.6) is 0 Å². The van der Waals surface area contributed by atoms with Gasteiger partial charge in [-0.1, -0.05) is 18.2 Å². The maximum atomic E-state index is 3.53. The van der Waals surface area contributed by atoms with Gasteiger partial charge in [-0.05, 0) is 45.9 Å². The minimum absolute atomic E-state index is 0.178. The van der Waals surface area contributed by atoms with Gasteiger partial charge in [-0.2, -0.15) is 0 Å². The highest BCUT2D eigenvalue weighted by atomic mass is 15.2. The van der Waals surface area contributed by atoms with Crippen LogP contribution >= 0.6 is 0 Å². The second kappa shape index (κ2) is 4.46. The van der Waals surface area contributed by atoms with E-state index in [9.17, 15) is 0 Å². The predicted octanol–water partition coefficient (Wildman–Crippen LogP) is 2.65. The van der Waals surface area contributed by atoms with Crippen molar-refractivity contribution in [2.24, 2.45) is 0 Å². The molecule has 0 radical (unpaired) electrons. The molecule has 0 amide bonds. The minimum Gasteiger partial charge on any atom is -0.362 e. The summed E-state index contributed by atoms with van der Waals surface area (Å²) in [6.45, 7) is 9.12. The molecule has 0 aromatic heterocycles. The van der Waals surface area contributed by atoms with Crippen molar-refractivity contribution in [1.82, 2.24) is 5.32 Å². The molecular weight excluding hydrogens is 196 g/mol. The van der Waals surface area contributed by atoms with Crippen molar-refractivity contribution in [1.29, 1.82) is 0 Å². The lowest BCUT2D eigenvalue weighted by Gasteiger charge is -2.42. The third-order valence-corrected chi connectivity index (χ3v) is 3.42. The lowest BCUT2D eigenvalue weighted by atomic mass is 9.99. The maximum absolute atomic E-state index is 3.53. The van der Waals surface area contributed by atoms with Crippen LogP contribution in [0.4, 0.5) is 5.69 Å². The fraction of sp³-hybridized carbons (Fsp3) is 0.571. The smallest absolute Gasteiger partial charge is 0.0473 e. The molecule has 1 unspecified atom stereocenters. The van der Waals surface area contributed by atoms with Gasteiger partial charge in [0.2, 0.25) is 0 Å².